The maximum Gasteiger partial charge on any atom is 0.325 e. The minimum atomic E-state index is -0.764. The van der Waals surface area contributed by atoms with E-state index >= 15 is 0 Å². The molecule has 3 amide bonds. The Morgan fingerprint density at radius 3 is 2.63 bits per heavy atom. The molecule has 2 rings (SSSR count). The number of ether oxygens (including phenoxy) is 1. The van der Waals surface area contributed by atoms with Crippen molar-refractivity contribution in [3.05, 3.63) is 33.8 Å². The molecule has 0 bridgehead atoms. The molecule has 27 heavy (non-hydrogen) atoms. The van der Waals surface area contributed by atoms with Crippen molar-refractivity contribution in [3.63, 3.8) is 0 Å². The fourth-order valence-electron chi connectivity index (χ4n) is 2.61. The molecule has 1 heterocycles. The molecule has 8 nitrogen and oxygen atoms in total. The lowest BCUT2D eigenvalue weighted by molar-refractivity contribution is -0.152. The Hall–Kier alpha value is -2.32. The zero-order valence-electron chi connectivity index (χ0n) is 14.4. The molecule has 1 atom stereocenters. The zero-order chi connectivity index (χ0) is 20.0. The van der Waals surface area contributed by atoms with Gasteiger partial charge < -0.3 is 20.7 Å². The number of hydrogen-bond donors (Lipinski definition) is 2. The van der Waals surface area contributed by atoms with Crippen molar-refractivity contribution in [2.45, 2.75) is 12.8 Å². The van der Waals surface area contributed by atoms with Crippen LogP contribution in [-0.2, 0) is 19.1 Å². The average Bonchev–Trinajstić information content (AvgIpc) is 2.66. The van der Waals surface area contributed by atoms with E-state index in [-0.39, 0.29) is 23.0 Å². The largest absolute Gasteiger partial charge is 0.454 e. The van der Waals surface area contributed by atoms with E-state index in [2.05, 4.69) is 5.32 Å². The molecule has 0 spiro atoms. The standard InChI is InChI=1S/C17H19Cl2N3O5/c18-12-4-3-10(6-13(12)19)17(26)21-7-15(24)27-9-14(23)22-5-1-2-11(8-22)16(20)25/h3-4,6,11H,1-2,5,7-9H2,(H2,20,25)(H,21,26)/t11-/m1/s1. The van der Waals surface area contributed by atoms with Gasteiger partial charge in [0.2, 0.25) is 5.91 Å². The molecule has 10 heteroatoms. The predicted molar refractivity (Wildman–Crippen MR) is 98.3 cm³/mol. The van der Waals surface area contributed by atoms with Crippen LogP contribution in [0.2, 0.25) is 10.0 Å². The molecule has 0 unspecified atom stereocenters. The van der Waals surface area contributed by atoms with Gasteiger partial charge in [0.15, 0.2) is 6.61 Å². The summed E-state index contributed by atoms with van der Waals surface area (Å²) >= 11 is 11.6. The normalized spacial score (nSPS) is 16.5. The fourth-order valence-corrected chi connectivity index (χ4v) is 2.91. The number of nitrogens with two attached hydrogens (primary N) is 1. The molecule has 0 radical (unpaired) electrons. The van der Waals surface area contributed by atoms with E-state index < -0.39 is 36.8 Å². The first-order valence-electron chi connectivity index (χ1n) is 8.24. The van der Waals surface area contributed by atoms with Crippen LogP contribution in [0.3, 0.4) is 0 Å². The van der Waals surface area contributed by atoms with Gasteiger partial charge in [-0.25, -0.2) is 0 Å². The number of rotatable bonds is 6. The smallest absolute Gasteiger partial charge is 0.325 e. The highest BCUT2D eigenvalue weighted by molar-refractivity contribution is 6.42. The van der Waals surface area contributed by atoms with Crippen LogP contribution >= 0.6 is 23.2 Å². The van der Waals surface area contributed by atoms with Gasteiger partial charge in [-0.3, -0.25) is 19.2 Å². The second-order valence-corrected chi connectivity index (χ2v) is 6.87. The second-order valence-electron chi connectivity index (χ2n) is 6.05. The van der Waals surface area contributed by atoms with Gasteiger partial charge in [-0.2, -0.15) is 0 Å². The van der Waals surface area contributed by atoms with Crippen molar-refractivity contribution in [2.75, 3.05) is 26.2 Å². The minimum Gasteiger partial charge on any atom is -0.454 e. The van der Waals surface area contributed by atoms with Gasteiger partial charge >= 0.3 is 5.97 Å². The number of halogens is 2. The monoisotopic (exact) mass is 415 g/mol. The minimum absolute atomic E-state index is 0.216. The van der Waals surface area contributed by atoms with Crippen LogP contribution in [0.15, 0.2) is 18.2 Å². The van der Waals surface area contributed by atoms with Crippen molar-refractivity contribution in [1.82, 2.24) is 10.2 Å². The number of hydrogen-bond acceptors (Lipinski definition) is 5. The Bertz CT molecular complexity index is 756. The summed E-state index contributed by atoms with van der Waals surface area (Å²) in [6.07, 6.45) is 1.30. The third kappa shape index (κ3) is 6.11. The third-order valence-corrected chi connectivity index (χ3v) is 4.85. The van der Waals surface area contributed by atoms with Crippen LogP contribution in [0.5, 0.6) is 0 Å². The molecule has 1 aliphatic heterocycles. The van der Waals surface area contributed by atoms with Crippen LogP contribution < -0.4 is 11.1 Å². The summed E-state index contributed by atoms with van der Waals surface area (Å²) in [5.74, 6) is -2.54. The van der Waals surface area contributed by atoms with Crippen molar-refractivity contribution < 1.29 is 23.9 Å². The van der Waals surface area contributed by atoms with E-state index in [0.29, 0.717) is 24.4 Å². The Morgan fingerprint density at radius 1 is 1.22 bits per heavy atom. The lowest BCUT2D eigenvalue weighted by atomic mass is 9.97. The highest BCUT2D eigenvalue weighted by Gasteiger charge is 2.27. The van der Waals surface area contributed by atoms with Crippen LogP contribution in [0, 0.1) is 5.92 Å². The molecule has 1 aromatic carbocycles. The number of nitrogens with one attached hydrogen (secondary N) is 1. The molecule has 0 aliphatic carbocycles. The first-order chi connectivity index (χ1) is 12.8. The first kappa shape index (κ1) is 21.0. The van der Waals surface area contributed by atoms with Gasteiger partial charge in [-0.05, 0) is 31.0 Å². The highest BCUT2D eigenvalue weighted by Crippen LogP contribution is 2.22. The zero-order valence-corrected chi connectivity index (χ0v) is 15.9. The second kappa shape index (κ2) is 9.57. The van der Waals surface area contributed by atoms with Gasteiger partial charge in [0.1, 0.15) is 6.54 Å². The number of nitrogens with zero attached hydrogens (tertiary/aromatic N) is 1. The summed E-state index contributed by atoms with van der Waals surface area (Å²) in [6.45, 7) is -0.169. The third-order valence-electron chi connectivity index (χ3n) is 4.11. The molecule has 0 aromatic heterocycles. The van der Waals surface area contributed by atoms with Gasteiger partial charge in [-0.1, -0.05) is 23.2 Å². The number of amides is 3. The summed E-state index contributed by atoms with van der Waals surface area (Å²) < 4.78 is 4.87. The summed E-state index contributed by atoms with van der Waals surface area (Å²) in [5.41, 5.74) is 5.50. The number of piperidine rings is 1. The number of likely N-dealkylation sites (tertiary alicyclic amines) is 1. The maximum absolute atomic E-state index is 12.1. The van der Waals surface area contributed by atoms with E-state index in [1.165, 1.54) is 23.1 Å². The SMILES string of the molecule is NC(=O)[C@@H]1CCCN(C(=O)COC(=O)CNC(=O)c2ccc(Cl)c(Cl)c2)C1. The molecule has 1 aromatic rings. The van der Waals surface area contributed by atoms with Gasteiger partial charge in [0.25, 0.3) is 11.8 Å². The van der Waals surface area contributed by atoms with E-state index in [0.717, 1.165) is 0 Å². The van der Waals surface area contributed by atoms with Crippen molar-refractivity contribution >= 4 is 46.9 Å². The molecule has 1 fully saturated rings. The van der Waals surface area contributed by atoms with E-state index in [1.54, 1.807) is 0 Å². The Balaban J connectivity index is 1.75. The quantitative estimate of drug-likeness (QED) is 0.671. The van der Waals surface area contributed by atoms with Crippen LogP contribution in [0.25, 0.3) is 0 Å². The summed E-state index contributed by atoms with van der Waals surface area (Å²) in [7, 11) is 0. The van der Waals surface area contributed by atoms with Gasteiger partial charge in [0, 0.05) is 18.7 Å². The van der Waals surface area contributed by atoms with E-state index in [1.807, 2.05) is 0 Å². The van der Waals surface area contributed by atoms with Crippen LogP contribution in [0.1, 0.15) is 23.2 Å². The Labute approximate surface area is 165 Å². The predicted octanol–water partition coefficient (Wildman–Crippen LogP) is 0.990. The number of carbonyl (C=O) groups excluding carboxylic acids is 4. The molecular formula is C17H19Cl2N3O5. The Morgan fingerprint density at radius 2 is 1.96 bits per heavy atom. The molecule has 146 valence electrons. The van der Waals surface area contributed by atoms with Crippen LogP contribution in [0.4, 0.5) is 0 Å². The Kier molecular flexibility index (Phi) is 7.44. The average molecular weight is 416 g/mol. The summed E-state index contributed by atoms with van der Waals surface area (Å²) in [5, 5.41) is 2.89. The lowest BCUT2D eigenvalue weighted by Gasteiger charge is -2.31. The van der Waals surface area contributed by atoms with Crippen molar-refractivity contribution in [3.8, 4) is 0 Å². The number of esters is 1. The molecule has 3 N–H and O–H groups in total. The van der Waals surface area contributed by atoms with Crippen molar-refractivity contribution in [2.24, 2.45) is 11.7 Å². The van der Waals surface area contributed by atoms with Gasteiger partial charge in [-0.15, -0.1) is 0 Å². The first-order valence-corrected chi connectivity index (χ1v) is 8.99. The highest BCUT2D eigenvalue weighted by atomic mass is 35.5. The molecule has 0 saturated carbocycles. The topological polar surface area (TPSA) is 119 Å². The number of primary amides is 1. The lowest BCUT2D eigenvalue weighted by Crippen LogP contribution is -2.45. The van der Waals surface area contributed by atoms with Crippen LogP contribution in [-0.4, -0.2) is 54.8 Å². The molecular weight excluding hydrogens is 397 g/mol. The summed E-state index contributed by atoms with van der Waals surface area (Å²) in [4.78, 5) is 48.5. The molecule has 1 aliphatic rings. The van der Waals surface area contributed by atoms with E-state index in [4.69, 9.17) is 33.7 Å². The maximum atomic E-state index is 12.1. The van der Waals surface area contributed by atoms with E-state index in [9.17, 15) is 19.2 Å². The van der Waals surface area contributed by atoms with Gasteiger partial charge in [0.05, 0.1) is 16.0 Å². The molecule has 1 saturated heterocycles. The fraction of sp³-hybridized carbons (Fsp3) is 0.412. The van der Waals surface area contributed by atoms with Crippen molar-refractivity contribution in [1.29, 1.82) is 0 Å². The number of carbonyl (C=O) groups is 4. The summed E-state index contributed by atoms with van der Waals surface area (Å²) in [6, 6.07) is 4.30. The number of benzene rings is 1.